The maximum atomic E-state index is 8.93. The quantitative estimate of drug-likeness (QED) is 0.701. The summed E-state index contributed by atoms with van der Waals surface area (Å²) in [6.07, 6.45) is 0.590. The Morgan fingerprint density at radius 1 is 1.44 bits per heavy atom. The van der Waals surface area contributed by atoms with E-state index >= 15 is 0 Å². The molecular formula is C10H17ClN4O. The van der Waals surface area contributed by atoms with Gasteiger partial charge in [-0.3, -0.25) is 0 Å². The highest BCUT2D eigenvalue weighted by Crippen LogP contribution is 2.24. The third-order valence-corrected chi connectivity index (χ3v) is 2.47. The van der Waals surface area contributed by atoms with Crippen LogP contribution in [0, 0.1) is 6.92 Å². The molecule has 0 unspecified atom stereocenters. The van der Waals surface area contributed by atoms with Gasteiger partial charge >= 0.3 is 0 Å². The molecule has 4 N–H and O–H groups in total. The predicted octanol–water partition coefficient (Wildman–Crippen LogP) is 1.59. The summed E-state index contributed by atoms with van der Waals surface area (Å²) in [4.78, 5) is 7.99. The second-order valence-corrected chi connectivity index (χ2v) is 4.66. The van der Waals surface area contributed by atoms with Gasteiger partial charge in [-0.05, 0) is 38.8 Å². The normalized spacial score (nSPS) is 11.6. The fourth-order valence-corrected chi connectivity index (χ4v) is 1.52. The SMILES string of the molecule is Cc1nc(Cl)nc(NC(C)(C)CCO)c1N. The van der Waals surface area contributed by atoms with Crippen molar-refractivity contribution in [3.8, 4) is 0 Å². The maximum Gasteiger partial charge on any atom is 0.224 e. The summed E-state index contributed by atoms with van der Waals surface area (Å²) >= 11 is 5.76. The minimum Gasteiger partial charge on any atom is -0.396 e. The molecule has 0 saturated carbocycles. The highest BCUT2D eigenvalue weighted by Gasteiger charge is 2.19. The van der Waals surface area contributed by atoms with Crippen molar-refractivity contribution in [2.24, 2.45) is 0 Å². The molecule has 0 radical (unpaired) electrons. The molecule has 0 amide bonds. The van der Waals surface area contributed by atoms with E-state index in [1.54, 1.807) is 6.92 Å². The fraction of sp³-hybridized carbons (Fsp3) is 0.600. The van der Waals surface area contributed by atoms with Crippen molar-refractivity contribution in [3.63, 3.8) is 0 Å². The first-order valence-electron chi connectivity index (χ1n) is 5.04. The van der Waals surface area contributed by atoms with E-state index in [1.807, 2.05) is 13.8 Å². The lowest BCUT2D eigenvalue weighted by Crippen LogP contribution is -2.33. The van der Waals surface area contributed by atoms with Crippen LogP contribution in [-0.4, -0.2) is 27.2 Å². The van der Waals surface area contributed by atoms with E-state index in [4.69, 9.17) is 22.4 Å². The van der Waals surface area contributed by atoms with Crippen LogP contribution in [0.5, 0.6) is 0 Å². The van der Waals surface area contributed by atoms with Gasteiger partial charge in [-0.25, -0.2) is 4.98 Å². The first kappa shape index (κ1) is 13.0. The highest BCUT2D eigenvalue weighted by molar-refractivity contribution is 6.28. The Morgan fingerprint density at radius 2 is 2.06 bits per heavy atom. The molecule has 0 bridgehead atoms. The summed E-state index contributed by atoms with van der Waals surface area (Å²) in [6, 6.07) is 0. The minimum absolute atomic E-state index is 0.0949. The van der Waals surface area contributed by atoms with Crippen molar-refractivity contribution >= 4 is 23.1 Å². The van der Waals surface area contributed by atoms with Crippen molar-refractivity contribution in [1.29, 1.82) is 0 Å². The molecule has 90 valence electrons. The van der Waals surface area contributed by atoms with Gasteiger partial charge in [-0.15, -0.1) is 0 Å². The van der Waals surface area contributed by atoms with Crippen LogP contribution in [0.1, 0.15) is 26.0 Å². The van der Waals surface area contributed by atoms with E-state index in [1.165, 1.54) is 0 Å². The van der Waals surface area contributed by atoms with E-state index in [-0.39, 0.29) is 17.4 Å². The molecule has 0 aliphatic carbocycles. The summed E-state index contributed by atoms with van der Waals surface area (Å²) in [5.74, 6) is 0.510. The van der Waals surface area contributed by atoms with Gasteiger partial charge in [0.05, 0.1) is 11.4 Å². The average molecular weight is 245 g/mol. The van der Waals surface area contributed by atoms with Gasteiger partial charge in [0, 0.05) is 12.1 Å². The lowest BCUT2D eigenvalue weighted by atomic mass is 10.0. The second-order valence-electron chi connectivity index (χ2n) is 4.32. The Bertz CT molecular complexity index is 381. The topological polar surface area (TPSA) is 84.1 Å². The predicted molar refractivity (Wildman–Crippen MR) is 65.6 cm³/mol. The third-order valence-electron chi connectivity index (χ3n) is 2.30. The van der Waals surface area contributed by atoms with Crippen LogP contribution < -0.4 is 11.1 Å². The van der Waals surface area contributed by atoms with Gasteiger partial charge in [0.15, 0.2) is 5.82 Å². The van der Waals surface area contributed by atoms with Crippen molar-refractivity contribution in [2.75, 3.05) is 17.7 Å². The summed E-state index contributed by atoms with van der Waals surface area (Å²) in [6.45, 7) is 5.77. The fourth-order valence-electron chi connectivity index (χ4n) is 1.31. The van der Waals surface area contributed by atoms with E-state index in [0.717, 1.165) is 0 Å². The second kappa shape index (κ2) is 4.84. The molecule has 0 spiro atoms. The molecule has 0 atom stereocenters. The van der Waals surface area contributed by atoms with Gasteiger partial charge in [0.1, 0.15) is 0 Å². The molecule has 6 heteroatoms. The van der Waals surface area contributed by atoms with Crippen LogP contribution in [0.15, 0.2) is 0 Å². The van der Waals surface area contributed by atoms with Crippen LogP contribution in [0.25, 0.3) is 0 Å². The molecule has 0 fully saturated rings. The van der Waals surface area contributed by atoms with E-state index in [0.29, 0.717) is 23.6 Å². The van der Waals surface area contributed by atoms with E-state index in [2.05, 4.69) is 15.3 Å². The zero-order valence-electron chi connectivity index (χ0n) is 9.71. The highest BCUT2D eigenvalue weighted by atomic mass is 35.5. The maximum absolute atomic E-state index is 8.93. The van der Waals surface area contributed by atoms with Crippen LogP contribution >= 0.6 is 11.6 Å². The molecule has 1 aromatic heterocycles. The van der Waals surface area contributed by atoms with Crippen molar-refractivity contribution in [1.82, 2.24) is 9.97 Å². The van der Waals surface area contributed by atoms with Gasteiger partial charge in [-0.2, -0.15) is 4.98 Å². The van der Waals surface area contributed by atoms with Gasteiger partial charge in [0.25, 0.3) is 0 Å². The number of hydrogen-bond acceptors (Lipinski definition) is 5. The Hall–Kier alpha value is -1.07. The molecule has 0 saturated heterocycles. The van der Waals surface area contributed by atoms with Crippen LogP contribution in [0.4, 0.5) is 11.5 Å². The number of nitrogens with two attached hydrogens (primary N) is 1. The number of anilines is 2. The first-order chi connectivity index (χ1) is 7.35. The van der Waals surface area contributed by atoms with Crippen molar-refractivity contribution in [2.45, 2.75) is 32.7 Å². The number of aliphatic hydroxyl groups is 1. The minimum atomic E-state index is -0.299. The molecular weight excluding hydrogens is 228 g/mol. The van der Waals surface area contributed by atoms with Crippen LogP contribution in [-0.2, 0) is 0 Å². The number of aromatic nitrogens is 2. The first-order valence-corrected chi connectivity index (χ1v) is 5.42. The third kappa shape index (κ3) is 3.21. The zero-order valence-corrected chi connectivity index (χ0v) is 10.5. The molecule has 1 aromatic rings. The smallest absolute Gasteiger partial charge is 0.224 e. The number of aryl methyl sites for hydroxylation is 1. The van der Waals surface area contributed by atoms with Crippen LogP contribution in [0.2, 0.25) is 5.28 Å². The van der Waals surface area contributed by atoms with Crippen molar-refractivity contribution < 1.29 is 5.11 Å². The number of halogens is 1. The number of nitrogen functional groups attached to an aromatic ring is 1. The molecule has 16 heavy (non-hydrogen) atoms. The van der Waals surface area contributed by atoms with Crippen molar-refractivity contribution in [3.05, 3.63) is 11.0 Å². The number of nitrogens with zero attached hydrogens (tertiary/aromatic N) is 2. The van der Waals surface area contributed by atoms with E-state index in [9.17, 15) is 0 Å². The van der Waals surface area contributed by atoms with Crippen LogP contribution in [0.3, 0.4) is 0 Å². The molecule has 1 heterocycles. The van der Waals surface area contributed by atoms with Gasteiger partial charge in [0.2, 0.25) is 5.28 Å². The molecule has 1 rings (SSSR count). The summed E-state index contributed by atoms with van der Waals surface area (Å²) in [5.41, 5.74) is 6.67. The molecule has 0 aromatic carbocycles. The Labute approximate surface area is 100 Å². The van der Waals surface area contributed by atoms with Gasteiger partial charge < -0.3 is 16.2 Å². The average Bonchev–Trinajstić information content (AvgIpc) is 2.12. The standard InChI is InChI=1S/C10H17ClN4O/c1-6-7(12)8(14-9(11)13-6)15-10(2,3)4-5-16/h16H,4-5,12H2,1-3H3,(H,13,14,15). The largest absolute Gasteiger partial charge is 0.396 e. The number of aliphatic hydroxyl groups excluding tert-OH is 1. The lowest BCUT2D eigenvalue weighted by Gasteiger charge is -2.26. The lowest BCUT2D eigenvalue weighted by molar-refractivity contribution is 0.260. The summed E-state index contributed by atoms with van der Waals surface area (Å²) in [7, 11) is 0. The number of hydrogen-bond donors (Lipinski definition) is 3. The molecule has 0 aliphatic rings. The number of nitrogens with one attached hydrogen (secondary N) is 1. The van der Waals surface area contributed by atoms with E-state index < -0.39 is 0 Å². The Morgan fingerprint density at radius 3 is 2.62 bits per heavy atom. The summed E-state index contributed by atoms with van der Waals surface area (Å²) < 4.78 is 0. The van der Waals surface area contributed by atoms with Gasteiger partial charge in [-0.1, -0.05) is 0 Å². The Kier molecular flexibility index (Phi) is 3.93. The molecule has 5 nitrogen and oxygen atoms in total. The monoisotopic (exact) mass is 244 g/mol. The Balaban J connectivity index is 2.97. The summed E-state index contributed by atoms with van der Waals surface area (Å²) in [5, 5.41) is 12.2. The zero-order chi connectivity index (χ0) is 12.3. The molecule has 0 aliphatic heterocycles. The number of rotatable bonds is 4.